The second kappa shape index (κ2) is 5.38. The number of tetrazole rings is 1. The number of nitrogens with zero attached hydrogens (tertiary/aromatic N) is 4. The molecule has 0 aliphatic carbocycles. The van der Waals surface area contributed by atoms with Crippen LogP contribution in [0.3, 0.4) is 0 Å². The van der Waals surface area contributed by atoms with E-state index in [1.165, 1.54) is 22.9 Å². The van der Waals surface area contributed by atoms with Gasteiger partial charge in [-0.3, -0.25) is 0 Å². The number of hydrogen-bond donors (Lipinski definition) is 1. The molecule has 1 aliphatic rings. The zero-order chi connectivity index (χ0) is 14.9. The van der Waals surface area contributed by atoms with Gasteiger partial charge in [-0.2, -0.15) is 0 Å². The van der Waals surface area contributed by atoms with Crippen molar-refractivity contribution in [1.82, 2.24) is 20.2 Å². The lowest BCUT2D eigenvalue weighted by Gasteiger charge is -2.25. The Bertz CT molecular complexity index is 639. The van der Waals surface area contributed by atoms with Crippen LogP contribution in [0, 0.1) is 5.82 Å². The fourth-order valence-electron chi connectivity index (χ4n) is 2.43. The summed E-state index contributed by atoms with van der Waals surface area (Å²) in [5, 5.41) is 11.5. The maximum atomic E-state index is 14.0. The zero-order valence-corrected chi connectivity index (χ0v) is 11.6. The van der Waals surface area contributed by atoms with Gasteiger partial charge in [0, 0.05) is 25.8 Å². The van der Waals surface area contributed by atoms with E-state index in [0.29, 0.717) is 31.3 Å². The Balaban J connectivity index is 1.96. The molecule has 1 saturated heterocycles. The van der Waals surface area contributed by atoms with Gasteiger partial charge in [0.15, 0.2) is 5.82 Å². The lowest BCUT2D eigenvalue weighted by Crippen LogP contribution is -2.37. The van der Waals surface area contributed by atoms with E-state index in [9.17, 15) is 4.39 Å². The van der Waals surface area contributed by atoms with Crippen molar-refractivity contribution >= 4 is 5.69 Å². The van der Waals surface area contributed by atoms with Crippen molar-refractivity contribution < 1.29 is 13.9 Å². The minimum atomic E-state index is -0.485. The molecule has 1 aromatic carbocycles. The normalized spacial score (nSPS) is 21.8. The van der Waals surface area contributed by atoms with Gasteiger partial charge in [-0.1, -0.05) is 0 Å². The summed E-state index contributed by atoms with van der Waals surface area (Å²) in [6.45, 7) is 1.47. The number of anilines is 1. The van der Waals surface area contributed by atoms with E-state index in [1.54, 1.807) is 7.11 Å². The Morgan fingerprint density at radius 1 is 1.52 bits per heavy atom. The van der Waals surface area contributed by atoms with E-state index in [4.69, 9.17) is 15.2 Å². The lowest BCUT2D eigenvalue weighted by molar-refractivity contribution is -0.0317. The standard InChI is InChI=1S/C13H16FN5O2/c1-20-13(4-5-21-8-13)7-19-12(16-17-18-19)10-6-9(15)2-3-11(10)14/h2-3,6H,4-5,7-8,15H2,1H3. The summed E-state index contributed by atoms with van der Waals surface area (Å²) in [6, 6.07) is 4.31. The molecule has 3 rings (SSSR count). The Morgan fingerprint density at radius 3 is 3.10 bits per heavy atom. The van der Waals surface area contributed by atoms with Gasteiger partial charge < -0.3 is 15.2 Å². The van der Waals surface area contributed by atoms with Gasteiger partial charge in [-0.15, -0.1) is 5.10 Å². The highest BCUT2D eigenvalue weighted by Crippen LogP contribution is 2.28. The molecule has 1 aliphatic heterocycles. The summed E-state index contributed by atoms with van der Waals surface area (Å²) in [6.07, 6.45) is 0.738. The van der Waals surface area contributed by atoms with Crippen molar-refractivity contribution in [2.24, 2.45) is 0 Å². The molecular formula is C13H16FN5O2. The largest absolute Gasteiger partial charge is 0.399 e. The fraction of sp³-hybridized carbons (Fsp3) is 0.462. The third-order valence-corrected chi connectivity index (χ3v) is 3.70. The molecule has 0 spiro atoms. The van der Waals surface area contributed by atoms with Crippen LogP contribution in [0.15, 0.2) is 18.2 Å². The third kappa shape index (κ3) is 2.59. The van der Waals surface area contributed by atoms with E-state index in [1.807, 2.05) is 0 Å². The SMILES string of the molecule is COC1(Cn2nnnc2-c2cc(N)ccc2F)CCOC1. The van der Waals surface area contributed by atoms with E-state index in [2.05, 4.69) is 15.5 Å². The van der Waals surface area contributed by atoms with Crippen LogP contribution >= 0.6 is 0 Å². The third-order valence-electron chi connectivity index (χ3n) is 3.70. The molecule has 1 fully saturated rings. The summed E-state index contributed by atoms with van der Waals surface area (Å²) in [7, 11) is 1.62. The Kier molecular flexibility index (Phi) is 3.56. The summed E-state index contributed by atoms with van der Waals surface area (Å²) < 4.78 is 26.5. The first-order valence-corrected chi connectivity index (χ1v) is 6.58. The Labute approximate surface area is 120 Å². The van der Waals surface area contributed by atoms with Gasteiger partial charge in [0.2, 0.25) is 0 Å². The maximum absolute atomic E-state index is 14.0. The molecular weight excluding hydrogens is 277 g/mol. The smallest absolute Gasteiger partial charge is 0.185 e. The highest BCUT2D eigenvalue weighted by Gasteiger charge is 2.36. The second-order valence-corrected chi connectivity index (χ2v) is 5.09. The quantitative estimate of drug-likeness (QED) is 0.841. The maximum Gasteiger partial charge on any atom is 0.185 e. The molecule has 0 radical (unpaired) electrons. The van der Waals surface area contributed by atoms with Gasteiger partial charge in [-0.05, 0) is 28.6 Å². The zero-order valence-electron chi connectivity index (χ0n) is 11.6. The van der Waals surface area contributed by atoms with Gasteiger partial charge in [-0.25, -0.2) is 9.07 Å². The summed E-state index contributed by atoms with van der Waals surface area (Å²) in [4.78, 5) is 0. The summed E-state index contributed by atoms with van der Waals surface area (Å²) >= 11 is 0. The van der Waals surface area contributed by atoms with Gasteiger partial charge in [0.25, 0.3) is 0 Å². The lowest BCUT2D eigenvalue weighted by atomic mass is 10.0. The van der Waals surface area contributed by atoms with Crippen LogP contribution in [0.25, 0.3) is 11.4 Å². The molecule has 112 valence electrons. The molecule has 2 N–H and O–H groups in total. The monoisotopic (exact) mass is 293 g/mol. The molecule has 0 amide bonds. The fourth-order valence-corrected chi connectivity index (χ4v) is 2.43. The van der Waals surface area contributed by atoms with Gasteiger partial charge in [0.1, 0.15) is 11.4 Å². The minimum absolute atomic E-state index is 0.269. The number of aromatic nitrogens is 4. The van der Waals surface area contributed by atoms with Crippen LogP contribution in [0.4, 0.5) is 10.1 Å². The second-order valence-electron chi connectivity index (χ2n) is 5.09. The van der Waals surface area contributed by atoms with Crippen molar-refractivity contribution in [3.05, 3.63) is 24.0 Å². The minimum Gasteiger partial charge on any atom is -0.399 e. The topological polar surface area (TPSA) is 88.1 Å². The molecule has 2 heterocycles. The number of ether oxygens (including phenoxy) is 2. The first kappa shape index (κ1) is 13.9. The molecule has 0 saturated carbocycles. The van der Waals surface area contributed by atoms with Crippen LogP contribution in [0.5, 0.6) is 0 Å². The molecule has 1 unspecified atom stereocenters. The molecule has 2 aromatic rings. The van der Waals surface area contributed by atoms with E-state index < -0.39 is 11.4 Å². The Hall–Kier alpha value is -2.06. The van der Waals surface area contributed by atoms with Gasteiger partial charge in [0.05, 0.1) is 18.7 Å². The first-order valence-electron chi connectivity index (χ1n) is 6.58. The van der Waals surface area contributed by atoms with Crippen molar-refractivity contribution in [2.75, 3.05) is 26.1 Å². The number of benzene rings is 1. The molecule has 1 aromatic heterocycles. The highest BCUT2D eigenvalue weighted by molar-refractivity contribution is 5.61. The van der Waals surface area contributed by atoms with Crippen LogP contribution in [-0.2, 0) is 16.0 Å². The average molecular weight is 293 g/mol. The van der Waals surface area contributed by atoms with Crippen molar-refractivity contribution in [1.29, 1.82) is 0 Å². The highest BCUT2D eigenvalue weighted by atomic mass is 19.1. The molecule has 21 heavy (non-hydrogen) atoms. The first-order chi connectivity index (χ1) is 10.1. The summed E-state index contributed by atoms with van der Waals surface area (Å²) in [5.41, 5.74) is 5.94. The van der Waals surface area contributed by atoms with E-state index in [0.717, 1.165) is 6.42 Å². The molecule has 8 heteroatoms. The van der Waals surface area contributed by atoms with Crippen LogP contribution in [-0.4, -0.2) is 46.1 Å². The summed E-state index contributed by atoms with van der Waals surface area (Å²) in [5.74, 6) is -0.0995. The predicted molar refractivity (Wildman–Crippen MR) is 72.8 cm³/mol. The van der Waals surface area contributed by atoms with Crippen LogP contribution < -0.4 is 5.73 Å². The number of nitrogens with two attached hydrogens (primary N) is 1. The average Bonchev–Trinajstić information content (AvgIpc) is 3.12. The number of nitrogen functional groups attached to an aromatic ring is 1. The molecule has 0 bridgehead atoms. The van der Waals surface area contributed by atoms with Crippen LogP contribution in [0.2, 0.25) is 0 Å². The molecule has 1 atom stereocenters. The van der Waals surface area contributed by atoms with Crippen molar-refractivity contribution in [2.45, 2.75) is 18.6 Å². The number of halogens is 1. The number of methoxy groups -OCH3 is 1. The van der Waals surface area contributed by atoms with E-state index in [-0.39, 0.29) is 5.56 Å². The van der Waals surface area contributed by atoms with Crippen molar-refractivity contribution in [3.8, 4) is 11.4 Å². The van der Waals surface area contributed by atoms with Gasteiger partial charge >= 0.3 is 0 Å². The molecule has 7 nitrogen and oxygen atoms in total. The van der Waals surface area contributed by atoms with Crippen molar-refractivity contribution in [3.63, 3.8) is 0 Å². The predicted octanol–water partition coefficient (Wildman–Crippen LogP) is 0.867. The van der Waals surface area contributed by atoms with E-state index >= 15 is 0 Å². The Morgan fingerprint density at radius 2 is 2.38 bits per heavy atom. The van der Waals surface area contributed by atoms with Crippen LogP contribution in [0.1, 0.15) is 6.42 Å². The number of hydrogen-bond acceptors (Lipinski definition) is 6. The number of rotatable bonds is 4.